The molecule has 0 aromatic heterocycles. The van der Waals surface area contributed by atoms with Crippen molar-refractivity contribution < 1.29 is 9.53 Å². The third kappa shape index (κ3) is 5.14. The molecule has 0 saturated carbocycles. The highest BCUT2D eigenvalue weighted by atomic mass is 35.5. The van der Waals surface area contributed by atoms with Crippen LogP contribution < -0.4 is 10.1 Å². The Balaban J connectivity index is 1.82. The second-order valence-corrected chi connectivity index (χ2v) is 7.17. The predicted octanol–water partition coefficient (Wildman–Crippen LogP) is 5.71. The van der Waals surface area contributed by atoms with E-state index in [1.54, 1.807) is 24.3 Å². The van der Waals surface area contributed by atoms with Gasteiger partial charge < -0.3 is 10.1 Å². The summed E-state index contributed by atoms with van der Waals surface area (Å²) in [7, 11) is 0. The molecular weight excluding hydrogens is 370 g/mol. The monoisotopic (exact) mass is 393 g/mol. The molecule has 1 amide bonds. The van der Waals surface area contributed by atoms with E-state index in [4.69, 9.17) is 16.3 Å². The van der Waals surface area contributed by atoms with Crippen molar-refractivity contribution in [1.82, 2.24) is 5.32 Å². The van der Waals surface area contributed by atoms with Gasteiger partial charge in [0, 0.05) is 5.02 Å². The van der Waals surface area contributed by atoms with Crippen molar-refractivity contribution in [1.29, 1.82) is 0 Å². The molecule has 1 N–H and O–H groups in total. The van der Waals surface area contributed by atoms with Crippen LogP contribution >= 0.6 is 11.6 Å². The summed E-state index contributed by atoms with van der Waals surface area (Å²) in [5, 5.41) is 3.74. The van der Waals surface area contributed by atoms with Gasteiger partial charge in [0.05, 0.1) is 6.04 Å². The molecule has 2 atom stereocenters. The Labute approximate surface area is 171 Å². The Morgan fingerprint density at radius 1 is 0.964 bits per heavy atom. The summed E-state index contributed by atoms with van der Waals surface area (Å²) >= 11 is 6.03. The van der Waals surface area contributed by atoms with Crippen LogP contribution in [0.15, 0.2) is 78.9 Å². The third-order valence-electron chi connectivity index (χ3n) is 4.57. The fourth-order valence-corrected chi connectivity index (χ4v) is 3.21. The maximum atomic E-state index is 13.0. The van der Waals surface area contributed by atoms with Gasteiger partial charge in [0.15, 0.2) is 6.10 Å². The molecule has 28 heavy (non-hydrogen) atoms. The fourth-order valence-electron chi connectivity index (χ4n) is 3.03. The lowest BCUT2D eigenvalue weighted by molar-refractivity contribution is -0.128. The molecule has 0 saturated heterocycles. The van der Waals surface area contributed by atoms with Gasteiger partial charge in [-0.2, -0.15) is 0 Å². The number of hydrogen-bond acceptors (Lipinski definition) is 2. The van der Waals surface area contributed by atoms with E-state index >= 15 is 0 Å². The summed E-state index contributed by atoms with van der Waals surface area (Å²) in [5.74, 6) is 0.429. The summed E-state index contributed by atoms with van der Waals surface area (Å²) in [6.07, 6.45) is -0.0524. The van der Waals surface area contributed by atoms with Crippen LogP contribution in [0.3, 0.4) is 0 Å². The van der Waals surface area contributed by atoms with Crippen LogP contribution in [0.25, 0.3) is 0 Å². The zero-order valence-corrected chi connectivity index (χ0v) is 16.8. The molecule has 0 bridgehead atoms. The first-order chi connectivity index (χ1) is 13.6. The molecule has 4 heteroatoms. The van der Waals surface area contributed by atoms with Gasteiger partial charge in [-0.15, -0.1) is 0 Å². The van der Waals surface area contributed by atoms with Crippen LogP contribution in [0.2, 0.25) is 5.02 Å². The van der Waals surface area contributed by atoms with Crippen LogP contribution in [0.5, 0.6) is 5.75 Å². The Morgan fingerprint density at radius 2 is 1.64 bits per heavy atom. The molecule has 0 aliphatic rings. The van der Waals surface area contributed by atoms with Crippen molar-refractivity contribution in [3.63, 3.8) is 0 Å². The second-order valence-electron chi connectivity index (χ2n) is 6.74. The number of carbonyl (C=O) groups is 1. The molecule has 0 fully saturated rings. The molecule has 0 spiro atoms. The standard InChI is InChI=1S/C24H24ClNO2/c1-3-22(28-21-11-7-10-20(25)16-21)24(27)26-23(18-8-5-4-6-9-18)19-14-12-17(2)13-15-19/h4-16,22-23H,3H2,1-2H3,(H,26,27)/t22-,23-/m0/s1. The van der Waals surface area contributed by atoms with Gasteiger partial charge >= 0.3 is 0 Å². The topological polar surface area (TPSA) is 38.3 Å². The Morgan fingerprint density at radius 3 is 2.29 bits per heavy atom. The van der Waals surface area contributed by atoms with Gasteiger partial charge in [-0.3, -0.25) is 4.79 Å². The largest absolute Gasteiger partial charge is 0.481 e. The summed E-state index contributed by atoms with van der Waals surface area (Å²) < 4.78 is 5.90. The second kappa shape index (κ2) is 9.43. The highest BCUT2D eigenvalue weighted by Gasteiger charge is 2.23. The number of hydrogen-bond donors (Lipinski definition) is 1. The molecular formula is C24H24ClNO2. The summed E-state index contributed by atoms with van der Waals surface area (Å²) in [4.78, 5) is 13.0. The van der Waals surface area contributed by atoms with E-state index in [9.17, 15) is 4.79 Å². The first-order valence-electron chi connectivity index (χ1n) is 9.41. The molecule has 0 heterocycles. The fraction of sp³-hybridized carbons (Fsp3) is 0.208. The average Bonchev–Trinajstić information content (AvgIpc) is 2.71. The van der Waals surface area contributed by atoms with E-state index in [1.807, 2.05) is 56.3 Å². The molecule has 0 radical (unpaired) electrons. The Kier molecular flexibility index (Phi) is 6.72. The zero-order valence-electron chi connectivity index (χ0n) is 16.1. The van der Waals surface area contributed by atoms with Crippen LogP contribution in [-0.2, 0) is 4.79 Å². The van der Waals surface area contributed by atoms with E-state index in [2.05, 4.69) is 17.4 Å². The molecule has 3 aromatic carbocycles. The number of amides is 1. The number of halogens is 1. The van der Waals surface area contributed by atoms with Crippen molar-refractivity contribution in [2.75, 3.05) is 0 Å². The maximum absolute atomic E-state index is 13.0. The molecule has 3 nitrogen and oxygen atoms in total. The van der Waals surface area contributed by atoms with Crippen molar-refractivity contribution in [3.8, 4) is 5.75 Å². The number of rotatable bonds is 7. The van der Waals surface area contributed by atoms with Crippen molar-refractivity contribution in [2.45, 2.75) is 32.4 Å². The highest BCUT2D eigenvalue weighted by Crippen LogP contribution is 2.24. The quantitative estimate of drug-likeness (QED) is 0.558. The van der Waals surface area contributed by atoms with Gasteiger partial charge in [0.2, 0.25) is 0 Å². The lowest BCUT2D eigenvalue weighted by Gasteiger charge is -2.24. The van der Waals surface area contributed by atoms with E-state index in [1.165, 1.54) is 5.56 Å². The molecule has 144 valence electrons. The molecule has 3 aromatic rings. The van der Waals surface area contributed by atoms with Crippen molar-refractivity contribution >= 4 is 17.5 Å². The van der Waals surface area contributed by atoms with Gasteiger partial charge in [0.1, 0.15) is 5.75 Å². The SMILES string of the molecule is CC[C@H](Oc1cccc(Cl)c1)C(=O)N[C@@H](c1ccccc1)c1ccc(C)cc1. The molecule has 3 rings (SSSR count). The van der Waals surface area contributed by atoms with Crippen molar-refractivity contribution in [3.05, 3.63) is 101 Å². The van der Waals surface area contributed by atoms with Gasteiger partial charge in [-0.05, 0) is 42.7 Å². The summed E-state index contributed by atoms with van der Waals surface area (Å²) in [5.41, 5.74) is 3.23. The lowest BCUT2D eigenvalue weighted by atomic mass is 9.97. The van der Waals surface area contributed by atoms with Crippen LogP contribution in [0.1, 0.15) is 36.1 Å². The predicted molar refractivity (Wildman–Crippen MR) is 114 cm³/mol. The van der Waals surface area contributed by atoms with E-state index in [0.29, 0.717) is 17.2 Å². The number of nitrogens with one attached hydrogen (secondary N) is 1. The third-order valence-corrected chi connectivity index (χ3v) is 4.80. The lowest BCUT2D eigenvalue weighted by Crippen LogP contribution is -2.40. The minimum atomic E-state index is -0.602. The van der Waals surface area contributed by atoms with Crippen molar-refractivity contribution in [2.24, 2.45) is 0 Å². The van der Waals surface area contributed by atoms with Crippen LogP contribution in [0, 0.1) is 6.92 Å². The van der Waals surface area contributed by atoms with Gasteiger partial charge in [-0.1, -0.05) is 84.8 Å². The Bertz CT molecular complexity index is 909. The normalized spacial score (nSPS) is 12.8. The Hall–Kier alpha value is -2.78. The van der Waals surface area contributed by atoms with E-state index in [0.717, 1.165) is 11.1 Å². The molecule has 0 unspecified atom stereocenters. The minimum absolute atomic E-state index is 0.156. The van der Waals surface area contributed by atoms with Gasteiger partial charge in [-0.25, -0.2) is 0 Å². The van der Waals surface area contributed by atoms with Crippen LogP contribution in [-0.4, -0.2) is 12.0 Å². The van der Waals surface area contributed by atoms with E-state index < -0.39 is 6.10 Å². The molecule has 0 aliphatic heterocycles. The minimum Gasteiger partial charge on any atom is -0.481 e. The smallest absolute Gasteiger partial charge is 0.261 e. The zero-order chi connectivity index (χ0) is 19.9. The highest BCUT2D eigenvalue weighted by molar-refractivity contribution is 6.30. The summed E-state index contributed by atoms with van der Waals surface area (Å²) in [6.45, 7) is 3.98. The first-order valence-corrected chi connectivity index (χ1v) is 9.78. The van der Waals surface area contributed by atoms with Crippen LogP contribution in [0.4, 0.5) is 0 Å². The number of benzene rings is 3. The maximum Gasteiger partial charge on any atom is 0.261 e. The molecule has 0 aliphatic carbocycles. The average molecular weight is 394 g/mol. The van der Waals surface area contributed by atoms with E-state index in [-0.39, 0.29) is 11.9 Å². The number of aryl methyl sites for hydroxylation is 1. The summed E-state index contributed by atoms with van der Waals surface area (Å²) in [6, 6.07) is 25.0. The number of ether oxygens (including phenoxy) is 1. The first kappa shape index (κ1) is 20.0. The van der Waals surface area contributed by atoms with Gasteiger partial charge in [0.25, 0.3) is 5.91 Å². The number of carbonyl (C=O) groups excluding carboxylic acids is 1.